The number of aromatic nitrogens is 4. The fraction of sp³-hybridized carbons (Fsp3) is 0. The standard InChI is InChI=1S/C9H7N5O3/c15-8(7-10-4-11-14-7)13-6-3-1-2-5(12-6)9(16)17/h1-4H,(H,16,17)(H,10,11,14)(H,12,13,15). The second-order valence-electron chi connectivity index (χ2n) is 3.00. The summed E-state index contributed by atoms with van der Waals surface area (Å²) >= 11 is 0. The van der Waals surface area contributed by atoms with Gasteiger partial charge in [0.05, 0.1) is 0 Å². The predicted octanol–water partition coefficient (Wildman–Crippen LogP) is 0.150. The Balaban J connectivity index is 2.16. The highest BCUT2D eigenvalue weighted by molar-refractivity contribution is 6.01. The number of anilines is 1. The van der Waals surface area contributed by atoms with Crippen molar-refractivity contribution < 1.29 is 14.7 Å². The Morgan fingerprint density at radius 1 is 1.35 bits per heavy atom. The van der Waals surface area contributed by atoms with Crippen LogP contribution in [0.15, 0.2) is 24.5 Å². The minimum absolute atomic E-state index is 0.0209. The van der Waals surface area contributed by atoms with Crippen molar-refractivity contribution in [3.8, 4) is 0 Å². The summed E-state index contributed by atoms with van der Waals surface area (Å²) in [5.74, 6) is -1.56. The Morgan fingerprint density at radius 3 is 2.82 bits per heavy atom. The van der Waals surface area contributed by atoms with E-state index in [0.29, 0.717) is 0 Å². The van der Waals surface area contributed by atoms with Crippen molar-refractivity contribution in [2.45, 2.75) is 0 Å². The fourth-order valence-corrected chi connectivity index (χ4v) is 1.11. The van der Waals surface area contributed by atoms with Crippen molar-refractivity contribution >= 4 is 17.7 Å². The molecule has 0 saturated carbocycles. The summed E-state index contributed by atoms with van der Waals surface area (Å²) in [6, 6.07) is 4.28. The lowest BCUT2D eigenvalue weighted by molar-refractivity contribution is 0.0690. The molecule has 0 aliphatic heterocycles. The lowest BCUT2D eigenvalue weighted by Gasteiger charge is -2.02. The quantitative estimate of drug-likeness (QED) is 0.693. The maximum absolute atomic E-state index is 11.5. The van der Waals surface area contributed by atoms with Crippen LogP contribution in [0.5, 0.6) is 0 Å². The third-order valence-electron chi connectivity index (χ3n) is 1.84. The zero-order valence-electron chi connectivity index (χ0n) is 8.41. The van der Waals surface area contributed by atoms with Gasteiger partial charge in [0.2, 0.25) is 5.82 Å². The number of carbonyl (C=O) groups excluding carboxylic acids is 1. The average molecular weight is 233 g/mol. The zero-order chi connectivity index (χ0) is 12.3. The van der Waals surface area contributed by atoms with E-state index in [-0.39, 0.29) is 17.3 Å². The molecule has 86 valence electrons. The molecule has 2 heterocycles. The fourth-order valence-electron chi connectivity index (χ4n) is 1.11. The van der Waals surface area contributed by atoms with Crippen LogP contribution < -0.4 is 5.32 Å². The number of nitrogens with one attached hydrogen (secondary N) is 2. The van der Waals surface area contributed by atoms with Crippen molar-refractivity contribution in [2.75, 3.05) is 5.32 Å². The van der Waals surface area contributed by atoms with Crippen molar-refractivity contribution in [3.63, 3.8) is 0 Å². The van der Waals surface area contributed by atoms with Gasteiger partial charge in [-0.25, -0.2) is 14.8 Å². The van der Waals surface area contributed by atoms with E-state index in [9.17, 15) is 9.59 Å². The van der Waals surface area contributed by atoms with E-state index in [1.54, 1.807) is 0 Å². The Kier molecular flexibility index (Phi) is 2.77. The van der Waals surface area contributed by atoms with E-state index in [2.05, 4.69) is 25.5 Å². The molecule has 0 saturated heterocycles. The van der Waals surface area contributed by atoms with Crippen molar-refractivity contribution in [1.82, 2.24) is 20.2 Å². The molecule has 2 aromatic rings. The Hall–Kier alpha value is -2.77. The van der Waals surface area contributed by atoms with Crippen LogP contribution in [0, 0.1) is 0 Å². The van der Waals surface area contributed by atoms with E-state index in [0.717, 1.165) is 0 Å². The molecule has 0 spiro atoms. The van der Waals surface area contributed by atoms with Crippen molar-refractivity contribution in [3.05, 3.63) is 36.0 Å². The van der Waals surface area contributed by atoms with E-state index < -0.39 is 11.9 Å². The summed E-state index contributed by atoms with van der Waals surface area (Å²) in [6.07, 6.45) is 1.19. The molecule has 0 radical (unpaired) electrons. The van der Waals surface area contributed by atoms with Crippen LogP contribution in [0.4, 0.5) is 5.82 Å². The van der Waals surface area contributed by atoms with Gasteiger partial charge in [-0.1, -0.05) is 6.07 Å². The molecule has 2 aromatic heterocycles. The second kappa shape index (κ2) is 4.39. The molecule has 8 nitrogen and oxygen atoms in total. The van der Waals surface area contributed by atoms with Crippen LogP contribution in [0.3, 0.4) is 0 Å². The number of H-pyrrole nitrogens is 1. The zero-order valence-corrected chi connectivity index (χ0v) is 8.41. The van der Waals surface area contributed by atoms with Crippen LogP contribution in [0.25, 0.3) is 0 Å². The van der Waals surface area contributed by atoms with Crippen LogP contribution in [0.1, 0.15) is 21.1 Å². The molecule has 0 fully saturated rings. The van der Waals surface area contributed by atoms with Gasteiger partial charge >= 0.3 is 5.97 Å². The highest BCUT2D eigenvalue weighted by Gasteiger charge is 2.11. The largest absolute Gasteiger partial charge is 0.477 e. The summed E-state index contributed by atoms with van der Waals surface area (Å²) in [5.41, 5.74) is -0.152. The molecule has 0 aliphatic rings. The number of carboxylic acid groups (broad SMARTS) is 1. The summed E-state index contributed by atoms with van der Waals surface area (Å²) < 4.78 is 0. The number of amides is 1. The van der Waals surface area contributed by atoms with E-state index >= 15 is 0 Å². The number of hydrogen-bond donors (Lipinski definition) is 3. The topological polar surface area (TPSA) is 121 Å². The SMILES string of the molecule is O=C(O)c1cccc(NC(=O)c2ncn[nH]2)n1. The number of rotatable bonds is 3. The first-order chi connectivity index (χ1) is 8.16. The van der Waals surface area contributed by atoms with Gasteiger partial charge in [-0.05, 0) is 12.1 Å². The van der Waals surface area contributed by atoms with E-state index in [4.69, 9.17) is 5.11 Å². The third-order valence-corrected chi connectivity index (χ3v) is 1.84. The van der Waals surface area contributed by atoms with Crippen molar-refractivity contribution in [2.24, 2.45) is 0 Å². The smallest absolute Gasteiger partial charge is 0.354 e. The van der Waals surface area contributed by atoms with Crippen LogP contribution >= 0.6 is 0 Å². The maximum atomic E-state index is 11.5. The Labute approximate surface area is 94.7 Å². The first-order valence-corrected chi connectivity index (χ1v) is 4.54. The number of hydrogen-bond acceptors (Lipinski definition) is 5. The van der Waals surface area contributed by atoms with Gasteiger partial charge in [-0.15, -0.1) is 0 Å². The summed E-state index contributed by atoms with van der Waals surface area (Å²) in [7, 11) is 0. The molecule has 1 amide bonds. The van der Waals surface area contributed by atoms with Crippen molar-refractivity contribution in [1.29, 1.82) is 0 Å². The van der Waals surface area contributed by atoms with Crippen LogP contribution in [0.2, 0.25) is 0 Å². The number of carboxylic acids is 1. The van der Waals surface area contributed by atoms with E-state index in [1.807, 2.05) is 0 Å². The molecule has 0 unspecified atom stereocenters. The monoisotopic (exact) mass is 233 g/mol. The third kappa shape index (κ3) is 2.43. The van der Waals surface area contributed by atoms with E-state index in [1.165, 1.54) is 24.5 Å². The normalized spacial score (nSPS) is 9.88. The molecule has 17 heavy (non-hydrogen) atoms. The lowest BCUT2D eigenvalue weighted by Crippen LogP contribution is -2.15. The second-order valence-corrected chi connectivity index (χ2v) is 3.00. The molecule has 3 N–H and O–H groups in total. The van der Waals surface area contributed by atoms with Gasteiger partial charge in [0.25, 0.3) is 5.91 Å². The molecule has 2 rings (SSSR count). The van der Waals surface area contributed by atoms with Gasteiger partial charge in [0.15, 0.2) is 5.69 Å². The minimum Gasteiger partial charge on any atom is -0.477 e. The summed E-state index contributed by atoms with van der Waals surface area (Å²) in [6.45, 7) is 0. The Morgan fingerprint density at radius 2 is 2.18 bits per heavy atom. The van der Waals surface area contributed by atoms with Gasteiger partial charge in [0, 0.05) is 0 Å². The number of pyridine rings is 1. The molecule has 0 atom stereocenters. The average Bonchev–Trinajstić information content (AvgIpc) is 2.82. The first kappa shape index (κ1) is 10.7. The molecular formula is C9H7N5O3. The Bertz CT molecular complexity index is 552. The minimum atomic E-state index is -1.17. The molecule has 8 heteroatoms. The molecule has 0 aliphatic carbocycles. The molecule has 0 bridgehead atoms. The van der Waals surface area contributed by atoms with Crippen LogP contribution in [-0.2, 0) is 0 Å². The maximum Gasteiger partial charge on any atom is 0.354 e. The highest BCUT2D eigenvalue weighted by Crippen LogP contribution is 2.05. The number of nitrogens with zero attached hydrogens (tertiary/aromatic N) is 3. The lowest BCUT2D eigenvalue weighted by atomic mass is 10.3. The van der Waals surface area contributed by atoms with Gasteiger partial charge in [-0.3, -0.25) is 9.89 Å². The highest BCUT2D eigenvalue weighted by atomic mass is 16.4. The predicted molar refractivity (Wildman–Crippen MR) is 55.5 cm³/mol. The number of carbonyl (C=O) groups is 2. The van der Waals surface area contributed by atoms with Gasteiger partial charge in [0.1, 0.15) is 12.1 Å². The number of aromatic carboxylic acids is 1. The van der Waals surface area contributed by atoms with Crippen LogP contribution in [-0.4, -0.2) is 37.1 Å². The van der Waals surface area contributed by atoms with Gasteiger partial charge in [-0.2, -0.15) is 5.10 Å². The summed E-state index contributed by atoms with van der Waals surface area (Å²) in [5, 5.41) is 17.0. The molecular weight excluding hydrogens is 226 g/mol. The number of aromatic amines is 1. The molecule has 0 aromatic carbocycles. The summed E-state index contributed by atoms with van der Waals surface area (Å²) in [4.78, 5) is 29.6. The van der Waals surface area contributed by atoms with Gasteiger partial charge < -0.3 is 10.4 Å². The first-order valence-electron chi connectivity index (χ1n) is 4.54.